The first-order valence-electron chi connectivity index (χ1n) is 18.4. The third-order valence-electron chi connectivity index (χ3n) is 10.6. The van der Waals surface area contributed by atoms with E-state index in [4.69, 9.17) is 9.47 Å². The molecule has 15 heteroatoms. The van der Waals surface area contributed by atoms with Crippen LogP contribution in [-0.4, -0.2) is 105 Å². The van der Waals surface area contributed by atoms with Crippen LogP contribution >= 0.6 is 0 Å². The second kappa shape index (κ2) is 16.0. The van der Waals surface area contributed by atoms with E-state index in [-0.39, 0.29) is 31.6 Å². The summed E-state index contributed by atoms with van der Waals surface area (Å²) in [5, 5.41) is 24.9. The molecule has 2 N–H and O–H groups in total. The van der Waals surface area contributed by atoms with Crippen molar-refractivity contribution in [1.29, 1.82) is 5.26 Å². The molecule has 5 aromatic rings. The number of aromatic nitrogens is 4. The van der Waals surface area contributed by atoms with Crippen LogP contribution in [0.1, 0.15) is 52.4 Å². The second-order valence-electron chi connectivity index (χ2n) is 14.7. The maximum Gasteiger partial charge on any atom is 0.315 e. The molecule has 2 aliphatic rings. The van der Waals surface area contributed by atoms with Crippen molar-refractivity contribution in [2.75, 3.05) is 46.0 Å². The number of ether oxygens (including phenoxy) is 2. The number of H-pyrrole nitrogens is 1. The van der Waals surface area contributed by atoms with Gasteiger partial charge in [0, 0.05) is 56.8 Å². The summed E-state index contributed by atoms with van der Waals surface area (Å²) in [7, 11) is 1.73. The van der Waals surface area contributed by atoms with Crippen molar-refractivity contribution in [3.8, 4) is 17.2 Å². The Morgan fingerprint density at radius 2 is 1.84 bits per heavy atom. The van der Waals surface area contributed by atoms with Crippen LogP contribution in [0.5, 0.6) is 0 Å². The van der Waals surface area contributed by atoms with E-state index in [1.807, 2.05) is 0 Å². The standard InChI is InChI=1S/C41H42F2N8O5/c1-41(2,37(26-4-6-29(42)7-5-26)40(54)56-17-14-50-12-15-55-16-13-50)47-38(52)35(18-25-22-46-49(3)24-25)51-11-10-31-30(8-9-33(43)36(31)39(51)53)32-19-28-23-45-48-34(28)20-27(32)21-44/h4-9,19-20,22-24,35,37H,10-18H2,1-3H3,(H,45,48)(H,47,52). The second-order valence-corrected chi connectivity index (χ2v) is 14.7. The van der Waals surface area contributed by atoms with Gasteiger partial charge in [-0.05, 0) is 72.9 Å². The van der Waals surface area contributed by atoms with Gasteiger partial charge in [-0.2, -0.15) is 15.5 Å². The molecule has 7 rings (SSSR count). The summed E-state index contributed by atoms with van der Waals surface area (Å²) in [6, 6.07) is 12.7. The molecule has 0 aliphatic carbocycles. The fourth-order valence-electron chi connectivity index (χ4n) is 7.75. The minimum Gasteiger partial charge on any atom is -0.464 e. The van der Waals surface area contributed by atoms with Gasteiger partial charge in [0.2, 0.25) is 5.91 Å². The Morgan fingerprint density at radius 3 is 2.55 bits per heavy atom. The molecular formula is C41H42F2N8O5. The summed E-state index contributed by atoms with van der Waals surface area (Å²) >= 11 is 0. The van der Waals surface area contributed by atoms with Crippen LogP contribution in [0.25, 0.3) is 22.0 Å². The molecule has 1 saturated heterocycles. The number of nitrogens with zero attached hydrogens (tertiary/aromatic N) is 6. The van der Waals surface area contributed by atoms with Crippen molar-refractivity contribution >= 4 is 28.7 Å². The molecule has 4 heterocycles. The first-order valence-corrected chi connectivity index (χ1v) is 18.4. The van der Waals surface area contributed by atoms with Gasteiger partial charge >= 0.3 is 5.97 Å². The topological polar surface area (TPSA) is 158 Å². The van der Waals surface area contributed by atoms with E-state index < -0.39 is 46.9 Å². The molecule has 0 radical (unpaired) electrons. The van der Waals surface area contributed by atoms with Crippen molar-refractivity contribution in [3.05, 3.63) is 107 Å². The van der Waals surface area contributed by atoms with Crippen molar-refractivity contribution in [2.45, 2.75) is 44.2 Å². The molecule has 0 saturated carbocycles. The van der Waals surface area contributed by atoms with E-state index in [0.717, 1.165) is 5.39 Å². The largest absolute Gasteiger partial charge is 0.464 e. The van der Waals surface area contributed by atoms with E-state index in [1.54, 1.807) is 62.4 Å². The molecule has 2 amide bonds. The number of carbonyl (C=O) groups excluding carboxylic acids is 3. The molecule has 2 aromatic heterocycles. The van der Waals surface area contributed by atoms with Crippen LogP contribution in [0.15, 0.2) is 67.1 Å². The molecule has 2 atom stereocenters. The lowest BCUT2D eigenvalue weighted by molar-refractivity contribution is -0.148. The molecule has 3 aromatic carbocycles. The lowest BCUT2D eigenvalue weighted by atomic mass is 9.81. The maximum atomic E-state index is 15.8. The Bertz CT molecular complexity index is 2310. The van der Waals surface area contributed by atoms with E-state index in [2.05, 4.69) is 31.6 Å². The van der Waals surface area contributed by atoms with E-state index in [9.17, 15) is 24.0 Å². The molecule has 290 valence electrons. The highest BCUT2D eigenvalue weighted by Crippen LogP contribution is 2.37. The van der Waals surface area contributed by atoms with Crippen LogP contribution in [-0.2, 0) is 39.0 Å². The molecule has 1 fully saturated rings. The Hall–Kier alpha value is -5.98. The zero-order chi connectivity index (χ0) is 39.6. The Kier molecular flexibility index (Phi) is 11.0. The minimum absolute atomic E-state index is 0.0408. The zero-order valence-corrected chi connectivity index (χ0v) is 31.3. The van der Waals surface area contributed by atoms with Crippen molar-refractivity contribution in [3.63, 3.8) is 0 Å². The molecule has 2 unspecified atom stereocenters. The number of esters is 1. The van der Waals surface area contributed by atoms with Gasteiger partial charge in [0.05, 0.1) is 53.9 Å². The summed E-state index contributed by atoms with van der Waals surface area (Å²) in [5.41, 5.74) is 2.10. The van der Waals surface area contributed by atoms with Gasteiger partial charge in [-0.3, -0.25) is 29.1 Å². The van der Waals surface area contributed by atoms with Crippen molar-refractivity contribution < 1.29 is 32.6 Å². The SMILES string of the molecule is Cn1cc(CC(C(=O)NC(C)(C)C(C(=O)OCCN2CCOCC2)c2ccc(F)cc2)N2CCc3c(-c4cc5cn[nH]c5cc4C#N)ccc(F)c3C2=O)cn1. The molecule has 0 bridgehead atoms. The van der Waals surface area contributed by atoms with E-state index in [0.29, 0.717) is 71.7 Å². The Balaban J connectivity index is 1.19. The first kappa shape index (κ1) is 38.3. The number of aromatic amines is 1. The van der Waals surface area contributed by atoms with Crippen molar-refractivity contribution in [1.82, 2.24) is 35.1 Å². The fraction of sp³-hybridized carbons (Fsp3) is 0.366. The van der Waals surface area contributed by atoms with Crippen molar-refractivity contribution in [2.24, 2.45) is 7.05 Å². The van der Waals surface area contributed by atoms with E-state index >= 15 is 4.39 Å². The normalized spacial score (nSPS) is 15.9. The number of hydrogen-bond acceptors (Lipinski definition) is 9. The number of fused-ring (bicyclic) bond motifs is 2. The molecule has 56 heavy (non-hydrogen) atoms. The average molecular weight is 765 g/mol. The van der Waals surface area contributed by atoms with Gasteiger partial charge in [-0.25, -0.2) is 8.78 Å². The predicted octanol–water partition coefficient (Wildman–Crippen LogP) is 4.28. The van der Waals surface area contributed by atoms with Gasteiger partial charge in [0.1, 0.15) is 30.2 Å². The molecule has 2 aliphatic heterocycles. The highest BCUT2D eigenvalue weighted by atomic mass is 19.1. The quantitative estimate of drug-likeness (QED) is 0.177. The molecular weight excluding hydrogens is 722 g/mol. The number of rotatable bonds is 12. The minimum atomic E-state index is -1.31. The molecule has 0 spiro atoms. The number of aryl methyl sites for hydroxylation is 1. The summed E-state index contributed by atoms with van der Waals surface area (Å²) < 4.78 is 42.7. The average Bonchev–Trinajstić information content (AvgIpc) is 3.82. The van der Waals surface area contributed by atoms with Crippen LogP contribution in [0.2, 0.25) is 0 Å². The number of nitriles is 1. The number of hydrogen-bond donors (Lipinski definition) is 2. The summed E-state index contributed by atoms with van der Waals surface area (Å²) in [4.78, 5) is 46.5. The van der Waals surface area contributed by atoms with Crippen LogP contribution < -0.4 is 5.32 Å². The van der Waals surface area contributed by atoms with Crippen LogP contribution in [0.4, 0.5) is 8.78 Å². The summed E-state index contributed by atoms with van der Waals surface area (Å²) in [5.74, 6) is -4.18. The highest BCUT2D eigenvalue weighted by molar-refractivity contribution is 6.02. The lowest BCUT2D eigenvalue weighted by Gasteiger charge is -2.39. The van der Waals surface area contributed by atoms with Gasteiger partial charge in [-0.15, -0.1) is 0 Å². The first-order chi connectivity index (χ1) is 26.9. The van der Waals surface area contributed by atoms with Gasteiger partial charge in [0.15, 0.2) is 0 Å². The number of halogens is 2. The van der Waals surface area contributed by atoms with Crippen LogP contribution in [0, 0.1) is 23.0 Å². The van der Waals surface area contributed by atoms with Gasteiger partial charge in [0.25, 0.3) is 5.91 Å². The van der Waals surface area contributed by atoms with Gasteiger partial charge in [-0.1, -0.05) is 18.2 Å². The summed E-state index contributed by atoms with van der Waals surface area (Å²) in [6.07, 6.45) is 5.18. The number of morpholine rings is 1. The fourth-order valence-corrected chi connectivity index (χ4v) is 7.75. The van der Waals surface area contributed by atoms with Gasteiger partial charge < -0.3 is 19.7 Å². The van der Waals surface area contributed by atoms with Crippen LogP contribution in [0.3, 0.4) is 0 Å². The third-order valence-corrected chi connectivity index (χ3v) is 10.6. The zero-order valence-electron chi connectivity index (χ0n) is 31.3. The smallest absolute Gasteiger partial charge is 0.315 e. The number of carbonyl (C=O) groups is 3. The lowest BCUT2D eigenvalue weighted by Crippen LogP contribution is -2.59. The Morgan fingerprint density at radius 1 is 1.07 bits per heavy atom. The predicted molar refractivity (Wildman–Crippen MR) is 201 cm³/mol. The Labute approximate surface area is 322 Å². The highest BCUT2D eigenvalue weighted by Gasteiger charge is 2.43. The monoisotopic (exact) mass is 764 g/mol. The number of benzene rings is 3. The maximum absolute atomic E-state index is 15.8. The van der Waals surface area contributed by atoms with E-state index in [1.165, 1.54) is 35.2 Å². The third kappa shape index (κ3) is 7.89. The molecule has 13 nitrogen and oxygen atoms in total. The number of nitrogens with one attached hydrogen (secondary N) is 2. The summed E-state index contributed by atoms with van der Waals surface area (Å²) in [6.45, 7) is 6.62. The number of amides is 2.